The predicted octanol–water partition coefficient (Wildman–Crippen LogP) is 5.15. The Labute approximate surface area is 173 Å². The summed E-state index contributed by atoms with van der Waals surface area (Å²) in [4.78, 5) is 3.65. The zero-order valence-electron chi connectivity index (χ0n) is 16.8. The van der Waals surface area contributed by atoms with Gasteiger partial charge in [0.25, 0.3) is 0 Å². The lowest BCUT2D eigenvalue weighted by molar-refractivity contribution is 0.196. The van der Waals surface area contributed by atoms with Crippen molar-refractivity contribution in [1.82, 2.24) is 10.2 Å². The summed E-state index contributed by atoms with van der Waals surface area (Å²) in [6, 6.07) is 23.4. The number of nitrogens with zero attached hydrogens (tertiary/aromatic N) is 1. The van der Waals surface area contributed by atoms with Crippen LogP contribution in [0.4, 0.5) is 0 Å². The normalized spacial score (nSPS) is 12.2. The molecular weight excluding hydrogens is 364 g/mol. The van der Waals surface area contributed by atoms with Gasteiger partial charge in [0.05, 0.1) is 0 Å². The van der Waals surface area contributed by atoms with Crippen molar-refractivity contribution in [3.05, 3.63) is 88.1 Å². The van der Waals surface area contributed by atoms with Crippen LogP contribution < -0.4 is 10.1 Å². The number of hydrogen-bond donors (Lipinski definition) is 1. The second kappa shape index (κ2) is 11.0. The lowest BCUT2D eigenvalue weighted by Gasteiger charge is -2.21. The van der Waals surface area contributed by atoms with E-state index >= 15 is 0 Å². The molecular formula is C24H30N2OS. The molecule has 0 aliphatic carbocycles. The minimum Gasteiger partial charge on any atom is -0.485 e. The summed E-state index contributed by atoms with van der Waals surface area (Å²) in [6.07, 6.45) is 2.03. The third-order valence-corrected chi connectivity index (χ3v) is 5.78. The largest absolute Gasteiger partial charge is 0.485 e. The second-order valence-corrected chi connectivity index (χ2v) is 8.07. The molecule has 1 N–H and O–H groups in total. The van der Waals surface area contributed by atoms with Crippen LogP contribution in [0.5, 0.6) is 5.75 Å². The number of nitrogens with one attached hydrogen (secondary N) is 1. The van der Waals surface area contributed by atoms with Crippen LogP contribution in [-0.2, 0) is 13.0 Å². The third kappa shape index (κ3) is 6.20. The van der Waals surface area contributed by atoms with Crippen LogP contribution in [0.25, 0.3) is 0 Å². The Bertz CT molecular complexity index is 804. The molecule has 1 heterocycles. The highest BCUT2D eigenvalue weighted by Crippen LogP contribution is 2.30. The van der Waals surface area contributed by atoms with Gasteiger partial charge in [-0.1, -0.05) is 54.6 Å². The number of likely N-dealkylation sites (N-methyl/N-ethyl adjacent to an activating group) is 1. The fraction of sp³-hybridized carbons (Fsp3) is 0.333. The number of thiophene rings is 1. The first-order chi connectivity index (χ1) is 13.8. The number of benzene rings is 2. The summed E-state index contributed by atoms with van der Waals surface area (Å²) >= 11 is 1.77. The first-order valence-electron chi connectivity index (χ1n) is 9.91. The van der Waals surface area contributed by atoms with Gasteiger partial charge in [0.1, 0.15) is 11.9 Å². The molecule has 0 bridgehead atoms. The predicted molar refractivity (Wildman–Crippen MR) is 119 cm³/mol. The van der Waals surface area contributed by atoms with Gasteiger partial charge in [-0.2, -0.15) is 0 Å². The van der Waals surface area contributed by atoms with Gasteiger partial charge in [-0.05, 0) is 55.7 Å². The van der Waals surface area contributed by atoms with E-state index in [-0.39, 0.29) is 6.10 Å². The standard InChI is InChI=1S/C24H30N2OS/c1-25-16-14-23(24-13-8-18-28-24)27-22-12-7-6-11-21(22)15-17-26(2)19-20-9-4-3-5-10-20/h3-13,18,23,25H,14-17,19H2,1-2H3. The van der Waals surface area contributed by atoms with E-state index in [4.69, 9.17) is 4.74 Å². The maximum Gasteiger partial charge on any atom is 0.134 e. The quantitative estimate of drug-likeness (QED) is 0.487. The van der Waals surface area contributed by atoms with E-state index in [1.54, 1.807) is 11.3 Å². The van der Waals surface area contributed by atoms with Crippen molar-refractivity contribution in [2.75, 3.05) is 27.2 Å². The third-order valence-electron chi connectivity index (χ3n) is 4.82. The topological polar surface area (TPSA) is 24.5 Å². The molecule has 0 aliphatic heterocycles. The van der Waals surface area contributed by atoms with E-state index in [1.165, 1.54) is 16.0 Å². The fourth-order valence-electron chi connectivity index (χ4n) is 3.27. The van der Waals surface area contributed by atoms with Crippen LogP contribution in [0.1, 0.15) is 28.5 Å². The molecule has 1 aromatic heterocycles. The lowest BCUT2D eigenvalue weighted by Crippen LogP contribution is -2.21. The van der Waals surface area contributed by atoms with Crippen LogP contribution in [0.15, 0.2) is 72.1 Å². The van der Waals surface area contributed by atoms with Gasteiger partial charge in [0.2, 0.25) is 0 Å². The molecule has 3 aromatic rings. The average molecular weight is 395 g/mol. The Morgan fingerprint density at radius 3 is 2.54 bits per heavy atom. The van der Waals surface area contributed by atoms with Crippen molar-refractivity contribution in [3.8, 4) is 5.75 Å². The van der Waals surface area contributed by atoms with Gasteiger partial charge in [0, 0.05) is 24.4 Å². The molecule has 28 heavy (non-hydrogen) atoms. The van der Waals surface area contributed by atoms with E-state index in [1.807, 2.05) is 7.05 Å². The van der Waals surface area contributed by atoms with Gasteiger partial charge >= 0.3 is 0 Å². The van der Waals surface area contributed by atoms with Crippen molar-refractivity contribution in [2.45, 2.75) is 25.5 Å². The van der Waals surface area contributed by atoms with Crippen molar-refractivity contribution in [2.24, 2.45) is 0 Å². The molecule has 0 radical (unpaired) electrons. The van der Waals surface area contributed by atoms with Crippen LogP contribution in [0.3, 0.4) is 0 Å². The Balaban J connectivity index is 1.63. The molecule has 0 saturated heterocycles. The molecule has 148 valence electrons. The van der Waals surface area contributed by atoms with Crippen molar-refractivity contribution >= 4 is 11.3 Å². The van der Waals surface area contributed by atoms with Crippen LogP contribution in [0.2, 0.25) is 0 Å². The Morgan fingerprint density at radius 1 is 1.00 bits per heavy atom. The Kier molecular flexibility index (Phi) is 8.09. The minimum atomic E-state index is 0.0932. The lowest BCUT2D eigenvalue weighted by atomic mass is 10.1. The first kappa shape index (κ1) is 20.6. The van der Waals surface area contributed by atoms with Gasteiger partial charge in [-0.15, -0.1) is 11.3 Å². The van der Waals surface area contributed by atoms with Gasteiger partial charge in [-0.25, -0.2) is 0 Å². The van der Waals surface area contributed by atoms with Crippen molar-refractivity contribution < 1.29 is 4.74 Å². The average Bonchev–Trinajstić information content (AvgIpc) is 3.26. The molecule has 0 spiro atoms. The molecule has 3 rings (SSSR count). The molecule has 0 fully saturated rings. The summed E-state index contributed by atoms with van der Waals surface area (Å²) < 4.78 is 6.49. The highest BCUT2D eigenvalue weighted by Gasteiger charge is 2.16. The summed E-state index contributed by atoms with van der Waals surface area (Å²) in [7, 11) is 4.17. The maximum atomic E-state index is 6.49. The van der Waals surface area contributed by atoms with Crippen LogP contribution in [0, 0.1) is 0 Å². The summed E-state index contributed by atoms with van der Waals surface area (Å²) in [5, 5.41) is 5.36. The van der Waals surface area contributed by atoms with E-state index < -0.39 is 0 Å². The van der Waals surface area contributed by atoms with Gasteiger partial charge in [0.15, 0.2) is 0 Å². The number of hydrogen-bond acceptors (Lipinski definition) is 4. The second-order valence-electron chi connectivity index (χ2n) is 7.10. The van der Waals surface area contributed by atoms with Gasteiger partial charge < -0.3 is 15.0 Å². The summed E-state index contributed by atoms with van der Waals surface area (Å²) in [5.74, 6) is 1.00. The molecule has 0 saturated carbocycles. The summed E-state index contributed by atoms with van der Waals surface area (Å²) in [5.41, 5.74) is 2.62. The van der Waals surface area contributed by atoms with Crippen molar-refractivity contribution in [1.29, 1.82) is 0 Å². The molecule has 0 amide bonds. The molecule has 3 nitrogen and oxygen atoms in total. The molecule has 2 aromatic carbocycles. The molecule has 1 unspecified atom stereocenters. The van der Waals surface area contributed by atoms with Crippen LogP contribution >= 0.6 is 11.3 Å². The first-order valence-corrected chi connectivity index (χ1v) is 10.8. The Morgan fingerprint density at radius 2 is 1.79 bits per heavy atom. The molecule has 0 aliphatic rings. The van der Waals surface area contributed by atoms with E-state index in [0.29, 0.717) is 0 Å². The SMILES string of the molecule is CNCCC(Oc1ccccc1CCN(C)Cc1ccccc1)c1cccs1. The van der Waals surface area contributed by atoms with E-state index in [0.717, 1.165) is 38.2 Å². The Hall–Kier alpha value is -2.14. The smallest absolute Gasteiger partial charge is 0.134 e. The van der Waals surface area contributed by atoms with Crippen LogP contribution in [-0.4, -0.2) is 32.1 Å². The zero-order chi connectivity index (χ0) is 19.6. The van der Waals surface area contributed by atoms with E-state index in [2.05, 4.69) is 89.4 Å². The minimum absolute atomic E-state index is 0.0932. The molecule has 1 atom stereocenters. The van der Waals surface area contributed by atoms with Gasteiger partial charge in [-0.3, -0.25) is 0 Å². The number of ether oxygens (including phenoxy) is 1. The highest BCUT2D eigenvalue weighted by molar-refractivity contribution is 7.10. The van der Waals surface area contributed by atoms with E-state index in [9.17, 15) is 0 Å². The molecule has 4 heteroatoms. The highest BCUT2D eigenvalue weighted by atomic mass is 32.1. The number of para-hydroxylation sites is 1. The number of rotatable bonds is 11. The zero-order valence-corrected chi connectivity index (χ0v) is 17.6. The van der Waals surface area contributed by atoms with Crippen molar-refractivity contribution in [3.63, 3.8) is 0 Å². The monoisotopic (exact) mass is 394 g/mol. The maximum absolute atomic E-state index is 6.49. The fourth-order valence-corrected chi connectivity index (χ4v) is 4.06. The summed E-state index contributed by atoms with van der Waals surface area (Å²) in [6.45, 7) is 2.89.